The summed E-state index contributed by atoms with van der Waals surface area (Å²) in [6.07, 6.45) is 6.28. The van der Waals surface area contributed by atoms with Crippen LogP contribution in [-0.4, -0.2) is 42.6 Å². The van der Waals surface area contributed by atoms with Crippen molar-refractivity contribution in [3.05, 3.63) is 0 Å². The molecule has 0 aromatic carbocycles. The van der Waals surface area contributed by atoms with Gasteiger partial charge in [0.25, 0.3) is 0 Å². The topological polar surface area (TPSA) is 53.6 Å². The fraction of sp³-hybridized carbons (Fsp3) is 0.944. The second-order valence-corrected chi connectivity index (χ2v) is 7.69. The second kappa shape index (κ2) is 12.3. The van der Waals surface area contributed by atoms with E-state index in [1.807, 2.05) is 0 Å². The number of hydrogen-bond acceptors (Lipinski definition) is 2. The van der Waals surface area contributed by atoms with Gasteiger partial charge in [-0.2, -0.15) is 0 Å². The summed E-state index contributed by atoms with van der Waals surface area (Å²) < 4.78 is 0. The Morgan fingerprint density at radius 1 is 1.22 bits per heavy atom. The zero-order valence-electron chi connectivity index (χ0n) is 15.8. The Morgan fingerprint density at radius 2 is 1.91 bits per heavy atom. The fourth-order valence-corrected chi connectivity index (χ4v) is 3.15. The Kier molecular flexibility index (Phi) is 12.3. The van der Waals surface area contributed by atoms with Crippen LogP contribution >= 0.6 is 24.0 Å². The minimum Gasteiger partial charge on any atom is -0.370 e. The predicted molar refractivity (Wildman–Crippen MR) is 113 cm³/mol. The molecule has 5 heteroatoms. The number of nitrogens with two attached hydrogens (primary N) is 1. The van der Waals surface area contributed by atoms with Crippen LogP contribution in [0, 0.1) is 11.8 Å². The average Bonchev–Trinajstić information content (AvgIpc) is 2.45. The van der Waals surface area contributed by atoms with Crippen molar-refractivity contribution >= 4 is 29.9 Å². The Labute approximate surface area is 161 Å². The van der Waals surface area contributed by atoms with Crippen LogP contribution in [0.1, 0.15) is 66.7 Å². The summed E-state index contributed by atoms with van der Waals surface area (Å²) in [5.41, 5.74) is 6.04. The van der Waals surface area contributed by atoms with Gasteiger partial charge in [-0.25, -0.2) is 0 Å². The van der Waals surface area contributed by atoms with E-state index in [4.69, 9.17) is 5.73 Å². The van der Waals surface area contributed by atoms with Gasteiger partial charge >= 0.3 is 0 Å². The second-order valence-electron chi connectivity index (χ2n) is 7.69. The summed E-state index contributed by atoms with van der Waals surface area (Å²) >= 11 is 0. The molecule has 0 radical (unpaired) electrons. The molecular formula is C18H39IN4. The number of likely N-dealkylation sites (tertiary alicyclic amines) is 1. The standard InChI is InChI=1S/C18H38N4.HI/c1-14(2)8-6-9-16(5)21-18(19)20-12-17-10-7-11-22(13-17)15(3)4;/h14-17H,6-13H2,1-5H3,(H3,19,20,21);1H. The Morgan fingerprint density at radius 3 is 2.52 bits per heavy atom. The van der Waals surface area contributed by atoms with Crippen molar-refractivity contribution < 1.29 is 0 Å². The van der Waals surface area contributed by atoms with Crippen LogP contribution in [0.4, 0.5) is 0 Å². The number of guanidine groups is 1. The number of nitrogens with zero attached hydrogens (tertiary/aromatic N) is 2. The zero-order chi connectivity index (χ0) is 16.5. The summed E-state index contributed by atoms with van der Waals surface area (Å²) in [7, 11) is 0. The third-order valence-corrected chi connectivity index (χ3v) is 4.61. The molecule has 0 amide bonds. The maximum absolute atomic E-state index is 6.04. The average molecular weight is 438 g/mol. The number of hydrogen-bond donors (Lipinski definition) is 2. The molecule has 1 aliphatic rings. The molecule has 0 spiro atoms. The van der Waals surface area contributed by atoms with Gasteiger partial charge in [-0.3, -0.25) is 4.99 Å². The summed E-state index contributed by atoms with van der Waals surface area (Å²) in [6.45, 7) is 14.6. The van der Waals surface area contributed by atoms with Gasteiger partial charge in [0.1, 0.15) is 0 Å². The zero-order valence-corrected chi connectivity index (χ0v) is 18.2. The van der Waals surface area contributed by atoms with E-state index in [2.05, 4.69) is 49.8 Å². The van der Waals surface area contributed by atoms with Gasteiger partial charge in [0, 0.05) is 25.2 Å². The molecule has 2 atom stereocenters. The van der Waals surface area contributed by atoms with Crippen molar-refractivity contribution in [1.82, 2.24) is 10.2 Å². The van der Waals surface area contributed by atoms with E-state index < -0.39 is 0 Å². The lowest BCUT2D eigenvalue weighted by Crippen LogP contribution is -2.42. The lowest BCUT2D eigenvalue weighted by molar-refractivity contribution is 0.143. The molecule has 1 rings (SSSR count). The van der Waals surface area contributed by atoms with Gasteiger partial charge in [-0.1, -0.05) is 26.7 Å². The van der Waals surface area contributed by atoms with E-state index in [9.17, 15) is 0 Å². The van der Waals surface area contributed by atoms with E-state index in [0.717, 1.165) is 12.5 Å². The van der Waals surface area contributed by atoms with E-state index in [1.165, 1.54) is 45.2 Å². The smallest absolute Gasteiger partial charge is 0.188 e. The first-order valence-electron chi connectivity index (χ1n) is 9.19. The molecule has 138 valence electrons. The molecule has 1 aliphatic heterocycles. The van der Waals surface area contributed by atoms with Gasteiger partial charge in [-0.05, 0) is 58.4 Å². The number of nitrogens with one attached hydrogen (secondary N) is 1. The molecule has 0 aliphatic carbocycles. The van der Waals surface area contributed by atoms with Gasteiger partial charge < -0.3 is 16.0 Å². The maximum atomic E-state index is 6.04. The highest BCUT2D eigenvalue weighted by atomic mass is 127. The minimum atomic E-state index is 0. The molecule has 0 aromatic rings. The van der Waals surface area contributed by atoms with E-state index >= 15 is 0 Å². The quantitative estimate of drug-likeness (QED) is 0.344. The maximum Gasteiger partial charge on any atom is 0.188 e. The molecule has 4 nitrogen and oxygen atoms in total. The predicted octanol–water partition coefficient (Wildman–Crippen LogP) is 3.84. The molecule has 0 bridgehead atoms. The molecule has 1 heterocycles. The highest BCUT2D eigenvalue weighted by Crippen LogP contribution is 2.18. The molecule has 1 fully saturated rings. The Balaban J connectivity index is 0.00000484. The van der Waals surface area contributed by atoms with Crippen molar-refractivity contribution in [2.75, 3.05) is 19.6 Å². The highest BCUT2D eigenvalue weighted by Gasteiger charge is 2.21. The summed E-state index contributed by atoms with van der Waals surface area (Å²) in [4.78, 5) is 7.14. The molecule has 1 saturated heterocycles. The first-order valence-corrected chi connectivity index (χ1v) is 9.19. The first kappa shape index (κ1) is 23.0. The molecule has 3 N–H and O–H groups in total. The van der Waals surface area contributed by atoms with Crippen LogP contribution in [-0.2, 0) is 0 Å². The first-order chi connectivity index (χ1) is 10.4. The number of halogens is 1. The van der Waals surface area contributed by atoms with Crippen LogP contribution in [0.25, 0.3) is 0 Å². The van der Waals surface area contributed by atoms with E-state index in [0.29, 0.717) is 24.0 Å². The Bertz CT molecular complexity index is 331. The highest BCUT2D eigenvalue weighted by molar-refractivity contribution is 14.0. The van der Waals surface area contributed by atoms with Crippen LogP contribution in [0.2, 0.25) is 0 Å². The third kappa shape index (κ3) is 10.4. The van der Waals surface area contributed by atoms with E-state index in [-0.39, 0.29) is 24.0 Å². The number of rotatable bonds is 8. The normalized spacial score (nSPS) is 21.3. The van der Waals surface area contributed by atoms with Crippen molar-refractivity contribution in [3.63, 3.8) is 0 Å². The minimum absolute atomic E-state index is 0. The monoisotopic (exact) mass is 438 g/mol. The summed E-state index contributed by atoms with van der Waals surface area (Å²) in [6, 6.07) is 1.06. The molecular weight excluding hydrogens is 399 g/mol. The number of piperidine rings is 1. The van der Waals surface area contributed by atoms with Crippen LogP contribution in [0.5, 0.6) is 0 Å². The molecule has 0 aromatic heterocycles. The lowest BCUT2D eigenvalue weighted by atomic mass is 9.97. The largest absolute Gasteiger partial charge is 0.370 e. The van der Waals surface area contributed by atoms with Crippen LogP contribution < -0.4 is 11.1 Å². The summed E-state index contributed by atoms with van der Waals surface area (Å²) in [5.74, 6) is 2.07. The third-order valence-electron chi connectivity index (χ3n) is 4.61. The van der Waals surface area contributed by atoms with Crippen LogP contribution in [0.15, 0.2) is 4.99 Å². The van der Waals surface area contributed by atoms with Crippen molar-refractivity contribution in [2.24, 2.45) is 22.6 Å². The van der Waals surface area contributed by atoms with E-state index in [1.54, 1.807) is 0 Å². The van der Waals surface area contributed by atoms with Crippen LogP contribution in [0.3, 0.4) is 0 Å². The lowest BCUT2D eigenvalue weighted by Gasteiger charge is -2.34. The van der Waals surface area contributed by atoms with Gasteiger partial charge in [0.05, 0.1) is 0 Å². The fourth-order valence-electron chi connectivity index (χ4n) is 3.15. The summed E-state index contributed by atoms with van der Waals surface area (Å²) in [5, 5.41) is 3.34. The van der Waals surface area contributed by atoms with Crippen molar-refractivity contribution in [2.45, 2.75) is 78.8 Å². The van der Waals surface area contributed by atoms with Crippen molar-refractivity contribution in [3.8, 4) is 0 Å². The van der Waals surface area contributed by atoms with Gasteiger partial charge in [0.2, 0.25) is 0 Å². The Hall–Kier alpha value is -0.0400. The molecule has 23 heavy (non-hydrogen) atoms. The molecule has 0 saturated carbocycles. The number of aliphatic imine (C=N–C) groups is 1. The van der Waals surface area contributed by atoms with Crippen molar-refractivity contribution in [1.29, 1.82) is 0 Å². The van der Waals surface area contributed by atoms with Gasteiger partial charge in [0.15, 0.2) is 5.96 Å². The van der Waals surface area contributed by atoms with Gasteiger partial charge in [-0.15, -0.1) is 24.0 Å². The SMILES string of the molecule is CC(C)CCCC(C)NC(N)=NCC1CCCN(C(C)C)C1.I. The molecule has 2 unspecified atom stereocenters.